The van der Waals surface area contributed by atoms with E-state index < -0.39 is 5.79 Å². The van der Waals surface area contributed by atoms with Gasteiger partial charge in [0, 0.05) is 5.92 Å². The first-order valence-electron chi connectivity index (χ1n) is 3.31. The molecule has 10 heavy (non-hydrogen) atoms. The average Bonchev–Trinajstić information content (AvgIpc) is 2.53. The predicted octanol–water partition coefficient (Wildman–Crippen LogP) is 1.04. The Bertz CT molecular complexity index is 192. The van der Waals surface area contributed by atoms with Crippen molar-refractivity contribution in [2.24, 2.45) is 5.92 Å². The van der Waals surface area contributed by atoms with Crippen molar-refractivity contribution in [2.75, 3.05) is 6.61 Å². The number of ether oxygens (including phenoxy) is 1. The zero-order valence-electron chi connectivity index (χ0n) is 5.51. The molecular weight excluding hydrogens is 196 g/mol. The summed E-state index contributed by atoms with van der Waals surface area (Å²) in [6, 6.07) is 0. The van der Waals surface area contributed by atoms with Gasteiger partial charge in [0.2, 0.25) is 5.79 Å². The third-order valence-corrected chi connectivity index (χ3v) is 3.95. The van der Waals surface area contributed by atoms with Gasteiger partial charge in [0.1, 0.15) is 0 Å². The molecule has 56 valence electrons. The summed E-state index contributed by atoms with van der Waals surface area (Å²) in [4.78, 5) is 0. The molecule has 1 aliphatic carbocycles. The van der Waals surface area contributed by atoms with Crippen molar-refractivity contribution in [3.63, 3.8) is 0 Å². The van der Waals surface area contributed by atoms with Crippen LogP contribution < -0.4 is 0 Å². The van der Waals surface area contributed by atoms with Gasteiger partial charge in [-0.1, -0.05) is 22.5 Å². The van der Waals surface area contributed by atoms with E-state index in [0.29, 0.717) is 12.5 Å². The van der Waals surface area contributed by atoms with Crippen LogP contribution in [0, 0.1) is 5.92 Å². The highest BCUT2D eigenvalue weighted by atomic mass is 79.9. The monoisotopic (exact) mass is 204 g/mol. The average molecular weight is 205 g/mol. The Morgan fingerprint density at radius 3 is 2.70 bits per heavy atom. The number of alkyl halides is 1. The molecule has 2 aliphatic rings. The van der Waals surface area contributed by atoms with Crippen LogP contribution in [0.1, 0.15) is 6.42 Å². The summed E-state index contributed by atoms with van der Waals surface area (Å²) < 4.78 is 4.94. The Morgan fingerprint density at radius 2 is 2.50 bits per heavy atom. The normalized spacial score (nSPS) is 58.0. The zero-order chi connectivity index (χ0) is 7.41. The summed E-state index contributed by atoms with van der Waals surface area (Å²) in [5, 5.41) is 9.68. The summed E-state index contributed by atoms with van der Waals surface area (Å²) in [5.74, 6) is -0.631. The molecule has 0 bridgehead atoms. The standard InChI is InChI=1S/C7H9BrO2/c1-2-7(9)6(8)3-5(6)4-10-7/h2,5,9H,1,3-4H2. The summed E-state index contributed by atoms with van der Waals surface area (Å²) in [7, 11) is 0. The van der Waals surface area contributed by atoms with Crippen molar-refractivity contribution < 1.29 is 9.84 Å². The molecule has 2 fully saturated rings. The third kappa shape index (κ3) is 0.563. The SMILES string of the molecule is C=CC1(O)OCC2CC21Br. The van der Waals surface area contributed by atoms with E-state index in [4.69, 9.17) is 4.74 Å². The Balaban J connectivity index is 2.31. The maximum absolute atomic E-state index is 9.68. The lowest BCUT2D eigenvalue weighted by Crippen LogP contribution is -2.37. The molecule has 3 unspecified atom stereocenters. The zero-order valence-corrected chi connectivity index (χ0v) is 7.10. The van der Waals surface area contributed by atoms with E-state index in [-0.39, 0.29) is 4.32 Å². The molecule has 2 nitrogen and oxygen atoms in total. The van der Waals surface area contributed by atoms with Crippen molar-refractivity contribution in [1.82, 2.24) is 0 Å². The lowest BCUT2D eigenvalue weighted by atomic mass is 10.2. The number of aliphatic hydroxyl groups is 1. The molecular formula is C7H9BrO2. The van der Waals surface area contributed by atoms with Gasteiger partial charge in [-0.15, -0.1) is 0 Å². The lowest BCUT2D eigenvalue weighted by Gasteiger charge is -2.24. The summed E-state index contributed by atoms with van der Waals surface area (Å²) >= 11 is 3.45. The second-order valence-corrected chi connectivity index (χ2v) is 4.39. The highest BCUT2D eigenvalue weighted by Gasteiger charge is 2.70. The van der Waals surface area contributed by atoms with E-state index in [1.165, 1.54) is 6.08 Å². The maximum Gasteiger partial charge on any atom is 0.201 e. The Labute approximate surface area is 68.0 Å². The van der Waals surface area contributed by atoms with Crippen LogP contribution in [-0.2, 0) is 4.74 Å². The van der Waals surface area contributed by atoms with E-state index in [0.717, 1.165) is 6.42 Å². The van der Waals surface area contributed by atoms with Crippen LogP contribution in [0.25, 0.3) is 0 Å². The number of fused-ring (bicyclic) bond motifs is 1. The minimum absolute atomic E-state index is 0.207. The molecule has 0 aromatic rings. The van der Waals surface area contributed by atoms with Crippen LogP contribution in [0.15, 0.2) is 12.7 Å². The van der Waals surface area contributed by atoms with Gasteiger partial charge >= 0.3 is 0 Å². The molecule has 3 atom stereocenters. The number of hydrogen-bond donors (Lipinski definition) is 1. The molecule has 1 saturated carbocycles. The van der Waals surface area contributed by atoms with Gasteiger partial charge in [-0.2, -0.15) is 0 Å². The van der Waals surface area contributed by atoms with Gasteiger partial charge in [-0.3, -0.25) is 0 Å². The fourth-order valence-corrected chi connectivity index (χ4v) is 2.30. The molecule has 0 radical (unpaired) electrons. The van der Waals surface area contributed by atoms with Crippen LogP contribution in [0.2, 0.25) is 0 Å². The number of halogens is 1. The first-order valence-corrected chi connectivity index (χ1v) is 4.10. The van der Waals surface area contributed by atoms with E-state index in [1.807, 2.05) is 0 Å². The third-order valence-electron chi connectivity index (χ3n) is 2.41. The van der Waals surface area contributed by atoms with Gasteiger partial charge in [0.25, 0.3) is 0 Å². The number of hydrogen-bond acceptors (Lipinski definition) is 2. The Hall–Kier alpha value is 0.140. The van der Waals surface area contributed by atoms with Crippen LogP contribution in [0.3, 0.4) is 0 Å². The first-order chi connectivity index (χ1) is 4.62. The Kier molecular flexibility index (Phi) is 1.13. The van der Waals surface area contributed by atoms with Gasteiger partial charge in [-0.25, -0.2) is 0 Å². The van der Waals surface area contributed by atoms with E-state index in [2.05, 4.69) is 22.5 Å². The van der Waals surface area contributed by atoms with Crippen LogP contribution >= 0.6 is 15.9 Å². The molecule has 2 rings (SSSR count). The maximum atomic E-state index is 9.68. The lowest BCUT2D eigenvalue weighted by molar-refractivity contribution is -0.144. The number of rotatable bonds is 1. The summed E-state index contributed by atoms with van der Waals surface area (Å²) in [5.41, 5.74) is 0. The molecule has 0 aromatic carbocycles. The van der Waals surface area contributed by atoms with Crippen molar-refractivity contribution in [1.29, 1.82) is 0 Å². The molecule has 1 heterocycles. The van der Waals surface area contributed by atoms with Crippen LogP contribution in [-0.4, -0.2) is 21.8 Å². The topological polar surface area (TPSA) is 29.5 Å². The fourth-order valence-electron chi connectivity index (χ4n) is 1.51. The fraction of sp³-hybridized carbons (Fsp3) is 0.714. The molecule has 1 N–H and O–H groups in total. The quantitative estimate of drug-likeness (QED) is 0.512. The molecule has 0 amide bonds. The van der Waals surface area contributed by atoms with Gasteiger partial charge in [0.15, 0.2) is 0 Å². The highest BCUT2D eigenvalue weighted by molar-refractivity contribution is 9.10. The molecule has 0 aromatic heterocycles. The molecule has 1 saturated heterocycles. The van der Waals surface area contributed by atoms with Gasteiger partial charge in [-0.05, 0) is 12.5 Å². The van der Waals surface area contributed by atoms with Gasteiger partial charge < -0.3 is 9.84 Å². The minimum Gasteiger partial charge on any atom is -0.361 e. The van der Waals surface area contributed by atoms with E-state index >= 15 is 0 Å². The van der Waals surface area contributed by atoms with Gasteiger partial charge in [0.05, 0.1) is 10.9 Å². The smallest absolute Gasteiger partial charge is 0.201 e. The predicted molar refractivity (Wildman–Crippen MR) is 40.9 cm³/mol. The van der Waals surface area contributed by atoms with Crippen molar-refractivity contribution in [2.45, 2.75) is 16.5 Å². The summed E-state index contributed by atoms with van der Waals surface area (Å²) in [6.07, 6.45) is 2.46. The Morgan fingerprint density at radius 1 is 1.80 bits per heavy atom. The van der Waals surface area contributed by atoms with E-state index in [9.17, 15) is 5.11 Å². The second-order valence-electron chi connectivity index (χ2n) is 2.98. The minimum atomic E-state index is -1.11. The van der Waals surface area contributed by atoms with Crippen LogP contribution in [0.4, 0.5) is 0 Å². The largest absolute Gasteiger partial charge is 0.361 e. The molecule has 3 heteroatoms. The summed E-state index contributed by atoms with van der Waals surface area (Å²) in [6.45, 7) is 4.18. The highest BCUT2D eigenvalue weighted by Crippen LogP contribution is 2.63. The van der Waals surface area contributed by atoms with Crippen molar-refractivity contribution >= 4 is 15.9 Å². The van der Waals surface area contributed by atoms with Crippen molar-refractivity contribution in [3.05, 3.63) is 12.7 Å². The molecule has 0 spiro atoms. The van der Waals surface area contributed by atoms with E-state index in [1.54, 1.807) is 0 Å². The van der Waals surface area contributed by atoms with Crippen molar-refractivity contribution in [3.8, 4) is 0 Å². The van der Waals surface area contributed by atoms with Crippen LogP contribution in [0.5, 0.6) is 0 Å². The second kappa shape index (κ2) is 1.65. The first kappa shape index (κ1) is 6.83. The molecule has 1 aliphatic heterocycles.